The molecule has 9 heteroatoms. The molecular weight excluding hydrogens is 472 g/mol. The van der Waals surface area contributed by atoms with Crippen LogP contribution in [0.4, 0.5) is 0 Å². The number of ether oxygens (including phenoxy) is 2. The zero-order valence-electron chi connectivity index (χ0n) is 18.8. The second-order valence-electron chi connectivity index (χ2n) is 7.49. The van der Waals surface area contributed by atoms with Gasteiger partial charge in [-0.3, -0.25) is 4.79 Å². The molecule has 34 heavy (non-hydrogen) atoms. The maximum atomic E-state index is 12.9. The van der Waals surface area contributed by atoms with Crippen molar-refractivity contribution in [2.45, 2.75) is 18.4 Å². The van der Waals surface area contributed by atoms with Crippen molar-refractivity contribution >= 4 is 37.3 Å². The second kappa shape index (κ2) is 10.3. The van der Waals surface area contributed by atoms with Crippen LogP contribution in [0.3, 0.4) is 0 Å². The fourth-order valence-corrected chi connectivity index (χ4v) is 5.14. The van der Waals surface area contributed by atoms with Crippen molar-refractivity contribution in [2.24, 2.45) is 4.99 Å². The molecule has 7 nitrogen and oxygen atoms in total. The quantitative estimate of drug-likeness (QED) is 0.331. The van der Waals surface area contributed by atoms with E-state index < -0.39 is 15.7 Å². The maximum absolute atomic E-state index is 12.9. The lowest BCUT2D eigenvalue weighted by Crippen LogP contribution is -2.19. The Labute approximate surface area is 201 Å². The first-order valence-corrected chi connectivity index (χ1v) is 13.4. The van der Waals surface area contributed by atoms with Crippen molar-refractivity contribution in [3.8, 4) is 11.5 Å². The molecular formula is C25H24N2O5S2. The van der Waals surface area contributed by atoms with Gasteiger partial charge < -0.3 is 14.0 Å². The molecule has 0 aliphatic heterocycles. The third-order valence-corrected chi connectivity index (χ3v) is 7.17. The average molecular weight is 497 g/mol. The molecule has 0 spiro atoms. The molecule has 4 aromatic rings. The summed E-state index contributed by atoms with van der Waals surface area (Å²) in [7, 11) is -3.35. The van der Waals surface area contributed by atoms with E-state index in [4.69, 9.17) is 9.47 Å². The van der Waals surface area contributed by atoms with Gasteiger partial charge in [0.15, 0.2) is 14.6 Å². The zero-order chi connectivity index (χ0) is 24.1. The van der Waals surface area contributed by atoms with E-state index in [1.807, 2.05) is 41.8 Å². The van der Waals surface area contributed by atoms with Crippen LogP contribution in [0.2, 0.25) is 0 Å². The number of nitrogens with zero attached hydrogens (tertiary/aromatic N) is 2. The van der Waals surface area contributed by atoms with Gasteiger partial charge in [-0.2, -0.15) is 4.99 Å². The van der Waals surface area contributed by atoms with Crippen LogP contribution < -0.4 is 9.54 Å². The van der Waals surface area contributed by atoms with Crippen molar-refractivity contribution in [1.82, 2.24) is 4.57 Å². The number of hydrogen-bond acceptors (Lipinski definition) is 6. The Kier molecular flexibility index (Phi) is 7.26. The molecule has 0 N–H and O–H groups in total. The molecule has 0 aliphatic carbocycles. The first kappa shape index (κ1) is 23.9. The second-order valence-corrected chi connectivity index (χ2v) is 10.5. The van der Waals surface area contributed by atoms with E-state index in [1.54, 1.807) is 42.5 Å². The summed E-state index contributed by atoms with van der Waals surface area (Å²) in [5.41, 5.74) is 1.22. The normalized spacial score (nSPS) is 12.2. The fourth-order valence-electron chi connectivity index (χ4n) is 3.33. The van der Waals surface area contributed by atoms with E-state index in [1.165, 1.54) is 17.6 Å². The van der Waals surface area contributed by atoms with Crippen LogP contribution in [-0.4, -0.2) is 38.4 Å². The minimum Gasteiger partial charge on any atom is -0.457 e. The Morgan fingerprint density at radius 1 is 1.00 bits per heavy atom. The molecule has 3 aromatic carbocycles. The Morgan fingerprint density at radius 3 is 2.38 bits per heavy atom. The number of rotatable bonds is 8. The summed E-state index contributed by atoms with van der Waals surface area (Å²) in [6.07, 6.45) is 1.17. The average Bonchev–Trinajstić information content (AvgIpc) is 3.16. The third kappa shape index (κ3) is 5.61. The van der Waals surface area contributed by atoms with Gasteiger partial charge in [0.05, 0.1) is 21.7 Å². The van der Waals surface area contributed by atoms with Gasteiger partial charge in [0.25, 0.3) is 5.91 Å². The zero-order valence-corrected chi connectivity index (χ0v) is 20.4. The monoisotopic (exact) mass is 496 g/mol. The smallest absolute Gasteiger partial charge is 0.279 e. The minimum atomic E-state index is -3.35. The Hall–Kier alpha value is -3.27. The number of aromatic nitrogens is 1. The Balaban J connectivity index is 1.66. The summed E-state index contributed by atoms with van der Waals surface area (Å²) in [6, 6.07) is 21.1. The van der Waals surface area contributed by atoms with Gasteiger partial charge >= 0.3 is 0 Å². The molecule has 4 rings (SSSR count). The third-order valence-electron chi connectivity index (χ3n) is 5.02. The van der Waals surface area contributed by atoms with E-state index >= 15 is 0 Å². The highest BCUT2D eigenvalue weighted by atomic mass is 32.2. The van der Waals surface area contributed by atoms with Crippen molar-refractivity contribution in [3.05, 3.63) is 83.2 Å². The molecule has 0 radical (unpaired) electrons. The molecule has 0 unspecified atom stereocenters. The number of amides is 1. The highest BCUT2D eigenvalue weighted by Crippen LogP contribution is 2.23. The van der Waals surface area contributed by atoms with Gasteiger partial charge in [-0.1, -0.05) is 29.5 Å². The van der Waals surface area contributed by atoms with Crippen LogP contribution in [0.25, 0.3) is 10.2 Å². The topological polar surface area (TPSA) is 87.0 Å². The lowest BCUT2D eigenvalue weighted by atomic mass is 10.2. The van der Waals surface area contributed by atoms with Gasteiger partial charge in [0.2, 0.25) is 0 Å². The standard InChI is InChI=1S/C25H24N2O5S2/c1-3-31-16-15-27-22-14-13-21(34(2,29)30)17-23(22)33-25(27)26-24(28)18-9-11-20(12-10-18)32-19-7-5-4-6-8-19/h4-14,17H,3,15-16H2,1-2H3. The highest BCUT2D eigenvalue weighted by Gasteiger charge is 2.13. The first-order valence-electron chi connectivity index (χ1n) is 10.7. The molecule has 176 valence electrons. The van der Waals surface area contributed by atoms with Crippen LogP contribution in [0.5, 0.6) is 11.5 Å². The lowest BCUT2D eigenvalue weighted by Gasteiger charge is -2.06. The van der Waals surface area contributed by atoms with E-state index in [0.717, 1.165) is 10.2 Å². The van der Waals surface area contributed by atoms with E-state index in [9.17, 15) is 13.2 Å². The van der Waals surface area contributed by atoms with Crippen LogP contribution in [-0.2, 0) is 21.1 Å². The molecule has 0 bridgehead atoms. The molecule has 1 aromatic heterocycles. The molecule has 0 fully saturated rings. The predicted octanol–water partition coefficient (Wildman–Crippen LogP) is 4.68. The highest BCUT2D eigenvalue weighted by molar-refractivity contribution is 7.90. The Bertz CT molecular complexity index is 1470. The van der Waals surface area contributed by atoms with Crippen LogP contribution in [0, 0.1) is 0 Å². The number of sulfone groups is 1. The number of fused-ring (bicyclic) bond motifs is 1. The van der Waals surface area contributed by atoms with Crippen LogP contribution >= 0.6 is 11.3 Å². The summed E-state index contributed by atoms with van der Waals surface area (Å²) in [6.45, 7) is 3.42. The lowest BCUT2D eigenvalue weighted by molar-refractivity contribution is 0.0996. The Morgan fingerprint density at radius 2 is 1.71 bits per heavy atom. The molecule has 1 amide bonds. The van der Waals surface area contributed by atoms with E-state index in [0.29, 0.717) is 41.6 Å². The number of carbonyl (C=O) groups is 1. The van der Waals surface area contributed by atoms with Crippen molar-refractivity contribution < 1.29 is 22.7 Å². The molecule has 0 aliphatic rings. The van der Waals surface area contributed by atoms with E-state index in [2.05, 4.69) is 4.99 Å². The van der Waals surface area contributed by atoms with Gasteiger partial charge in [-0.25, -0.2) is 8.42 Å². The first-order chi connectivity index (χ1) is 16.3. The van der Waals surface area contributed by atoms with Crippen molar-refractivity contribution in [3.63, 3.8) is 0 Å². The van der Waals surface area contributed by atoms with E-state index in [-0.39, 0.29) is 4.90 Å². The number of para-hydroxylation sites is 1. The van der Waals surface area contributed by atoms with Crippen molar-refractivity contribution in [1.29, 1.82) is 0 Å². The largest absolute Gasteiger partial charge is 0.457 e. The van der Waals surface area contributed by atoms with Gasteiger partial charge in [0.1, 0.15) is 11.5 Å². The summed E-state index contributed by atoms with van der Waals surface area (Å²) >= 11 is 1.27. The minimum absolute atomic E-state index is 0.227. The molecule has 0 saturated heterocycles. The van der Waals surface area contributed by atoms with Gasteiger partial charge in [-0.15, -0.1) is 0 Å². The SMILES string of the molecule is CCOCCn1c(=NC(=O)c2ccc(Oc3ccccc3)cc2)sc2cc(S(C)(=O)=O)ccc21. The predicted molar refractivity (Wildman–Crippen MR) is 132 cm³/mol. The summed E-state index contributed by atoms with van der Waals surface area (Å²) in [5.74, 6) is 0.927. The fraction of sp³-hybridized carbons (Fsp3) is 0.200. The number of thiazole rings is 1. The number of carbonyl (C=O) groups excluding carboxylic acids is 1. The summed E-state index contributed by atoms with van der Waals surface area (Å²) in [5, 5.41) is 0. The molecule has 0 atom stereocenters. The molecule has 0 saturated carbocycles. The summed E-state index contributed by atoms with van der Waals surface area (Å²) < 4.78 is 37.8. The van der Waals surface area contributed by atoms with Gasteiger partial charge in [-0.05, 0) is 61.5 Å². The van der Waals surface area contributed by atoms with Crippen molar-refractivity contribution in [2.75, 3.05) is 19.5 Å². The molecule has 1 heterocycles. The number of benzene rings is 3. The van der Waals surface area contributed by atoms with Gasteiger partial charge in [0, 0.05) is 25.0 Å². The maximum Gasteiger partial charge on any atom is 0.279 e. The number of hydrogen-bond donors (Lipinski definition) is 0. The van der Waals surface area contributed by atoms with Crippen LogP contribution in [0.1, 0.15) is 17.3 Å². The summed E-state index contributed by atoms with van der Waals surface area (Å²) in [4.78, 5) is 18.0. The van der Waals surface area contributed by atoms with Crippen LogP contribution in [0.15, 0.2) is 82.7 Å².